The number of halogens is 5. The fourth-order valence-corrected chi connectivity index (χ4v) is 5.80. The van der Waals surface area contributed by atoms with Gasteiger partial charge in [0.1, 0.15) is 34.8 Å². The molecular formula is C36H23Cl4FK2N8O6. The van der Waals surface area contributed by atoms with E-state index in [-0.39, 0.29) is 139 Å². The molecule has 0 radical (unpaired) electrons. The summed E-state index contributed by atoms with van der Waals surface area (Å²) in [7, 11) is 1.22. The number of aromatic amines is 2. The SMILES string of the molecule is COC(=O)c1ccccc1F.N#Cc1c(-c2ccc(Cl)cc2Cl)nn2c1[nH]c(=O)c1ccccc12.N#Cc1c(N)n[nH]c1-c1ccc(Cl)cc1Cl.O=CO[O-].[H-].[K+].[K+]. The van der Waals surface area contributed by atoms with E-state index in [0.29, 0.717) is 59.2 Å². The molecule has 0 aliphatic carbocycles. The van der Waals surface area contributed by atoms with E-state index < -0.39 is 11.8 Å². The van der Waals surface area contributed by atoms with Gasteiger partial charge in [0.2, 0.25) is 0 Å². The number of rotatable bonds is 4. The maximum atomic E-state index is 12.7. The van der Waals surface area contributed by atoms with E-state index in [9.17, 15) is 19.2 Å². The van der Waals surface area contributed by atoms with Crippen molar-refractivity contribution < 1.29 is 133 Å². The van der Waals surface area contributed by atoms with E-state index in [1.807, 2.05) is 12.1 Å². The molecule has 0 amide bonds. The molecule has 0 aliphatic heterocycles. The smallest absolute Gasteiger partial charge is 1.00 e. The zero-order valence-electron chi connectivity index (χ0n) is 30.8. The Morgan fingerprint density at radius 2 is 1.49 bits per heavy atom. The number of methoxy groups -OCH3 is 1. The number of hydrogen-bond donors (Lipinski definition) is 3. The summed E-state index contributed by atoms with van der Waals surface area (Å²) in [4.78, 5) is 37.0. The van der Waals surface area contributed by atoms with Crippen LogP contribution in [-0.2, 0) is 14.4 Å². The van der Waals surface area contributed by atoms with Gasteiger partial charge in [0.15, 0.2) is 11.5 Å². The molecule has 7 rings (SSSR count). The maximum absolute atomic E-state index is 12.7. The van der Waals surface area contributed by atoms with Gasteiger partial charge in [0.05, 0.1) is 39.3 Å². The summed E-state index contributed by atoms with van der Waals surface area (Å²) < 4.78 is 18.6. The third-order valence-corrected chi connectivity index (χ3v) is 8.31. The van der Waals surface area contributed by atoms with Crippen molar-refractivity contribution in [3.8, 4) is 34.7 Å². The summed E-state index contributed by atoms with van der Waals surface area (Å²) in [6.07, 6.45) is 0. The van der Waals surface area contributed by atoms with Crippen LogP contribution in [0.2, 0.25) is 20.1 Å². The number of carbonyl (C=O) groups excluding carboxylic acids is 2. The molecule has 4 aromatic carbocycles. The number of H-pyrrole nitrogens is 2. The second kappa shape index (κ2) is 24.0. The first-order chi connectivity index (χ1) is 26.4. The van der Waals surface area contributed by atoms with Crippen LogP contribution in [0.25, 0.3) is 39.1 Å². The number of nitrogens with one attached hydrogen (secondary N) is 2. The molecule has 14 nitrogen and oxygen atoms in total. The monoisotopic (exact) mass is 900 g/mol. The Morgan fingerprint density at radius 1 is 0.930 bits per heavy atom. The number of hydrogen-bond acceptors (Lipinski definition) is 11. The molecule has 0 fully saturated rings. The number of para-hydroxylation sites is 1. The number of nitriles is 2. The van der Waals surface area contributed by atoms with Gasteiger partial charge in [-0.05, 0) is 60.7 Å². The van der Waals surface area contributed by atoms with Crippen LogP contribution in [0, 0.1) is 28.5 Å². The molecule has 0 unspecified atom stereocenters. The molecule has 21 heteroatoms. The normalized spacial score (nSPS) is 9.63. The topological polar surface area (TPSA) is 228 Å². The number of benzene rings is 4. The summed E-state index contributed by atoms with van der Waals surface area (Å²) in [6.45, 7) is -0.181. The Bertz CT molecular complexity index is 2690. The van der Waals surface area contributed by atoms with Gasteiger partial charge in [-0.3, -0.25) is 14.7 Å². The first kappa shape index (κ1) is 50.0. The molecule has 7 aromatic rings. The summed E-state index contributed by atoms with van der Waals surface area (Å²) >= 11 is 24.0. The number of esters is 1. The van der Waals surface area contributed by atoms with Gasteiger partial charge in [0.25, 0.3) is 12.0 Å². The van der Waals surface area contributed by atoms with Crippen molar-refractivity contribution in [3.63, 3.8) is 0 Å². The number of ether oxygens (including phenoxy) is 1. The minimum absolute atomic E-state index is 0. The predicted molar refractivity (Wildman–Crippen MR) is 203 cm³/mol. The van der Waals surface area contributed by atoms with Crippen molar-refractivity contribution >= 4 is 81.2 Å². The molecule has 0 aliphatic rings. The predicted octanol–water partition coefficient (Wildman–Crippen LogP) is 1.03. The molecule has 0 saturated carbocycles. The van der Waals surface area contributed by atoms with Crippen LogP contribution in [-0.4, -0.2) is 44.3 Å². The Hall–Kier alpha value is -3.19. The molecule has 3 heterocycles. The summed E-state index contributed by atoms with van der Waals surface area (Å²) in [5.74, 6) is -1.05. The van der Waals surface area contributed by atoms with Crippen LogP contribution in [0.1, 0.15) is 22.9 Å². The van der Waals surface area contributed by atoms with E-state index in [4.69, 9.17) is 67.5 Å². The molecule has 57 heavy (non-hydrogen) atoms. The summed E-state index contributed by atoms with van der Waals surface area (Å²) in [5.41, 5.74) is 8.83. The molecule has 0 bridgehead atoms. The van der Waals surface area contributed by atoms with Crippen LogP contribution < -0.4 is 119 Å². The van der Waals surface area contributed by atoms with Gasteiger partial charge in [-0.15, -0.1) is 0 Å². The Kier molecular flexibility index (Phi) is 21.1. The number of carbonyl (C=O) groups is 2. The molecule has 0 spiro atoms. The first-order valence-electron chi connectivity index (χ1n) is 15.0. The van der Waals surface area contributed by atoms with Crippen molar-refractivity contribution in [2.24, 2.45) is 0 Å². The average molecular weight is 903 g/mol. The fraction of sp³-hybridized carbons (Fsp3) is 0.0278. The summed E-state index contributed by atoms with van der Waals surface area (Å²) in [5, 5.41) is 40.2. The second-order valence-corrected chi connectivity index (χ2v) is 12.1. The van der Waals surface area contributed by atoms with Gasteiger partial charge >= 0.3 is 109 Å². The van der Waals surface area contributed by atoms with Crippen LogP contribution in [0.4, 0.5) is 10.2 Å². The Morgan fingerprint density at radius 3 is 2.04 bits per heavy atom. The van der Waals surface area contributed by atoms with Crippen LogP contribution in [0.3, 0.4) is 0 Å². The van der Waals surface area contributed by atoms with Crippen molar-refractivity contribution in [1.82, 2.24) is 24.8 Å². The van der Waals surface area contributed by atoms with Crippen LogP contribution in [0.15, 0.2) is 89.7 Å². The van der Waals surface area contributed by atoms with E-state index in [1.165, 1.54) is 25.3 Å². The fourth-order valence-electron chi connectivity index (χ4n) is 4.80. The molecule has 0 atom stereocenters. The van der Waals surface area contributed by atoms with Gasteiger partial charge in [0, 0.05) is 21.2 Å². The molecule has 0 saturated heterocycles. The zero-order chi connectivity index (χ0) is 40.2. The Labute approximate surface area is 428 Å². The third-order valence-electron chi connectivity index (χ3n) is 7.22. The van der Waals surface area contributed by atoms with Gasteiger partial charge < -0.3 is 27.0 Å². The van der Waals surface area contributed by atoms with Gasteiger partial charge in [-0.1, -0.05) is 70.7 Å². The largest absolute Gasteiger partial charge is 1.00 e. The van der Waals surface area contributed by atoms with Crippen LogP contribution >= 0.6 is 46.4 Å². The Balaban J connectivity index is 0.000000432. The van der Waals surface area contributed by atoms with Crippen molar-refractivity contribution in [2.45, 2.75) is 0 Å². The second-order valence-electron chi connectivity index (χ2n) is 10.4. The van der Waals surface area contributed by atoms with E-state index >= 15 is 0 Å². The quantitative estimate of drug-likeness (QED) is 0.0743. The number of nitrogen functional groups attached to an aromatic ring is 1. The number of nitrogens with two attached hydrogens (primary N) is 1. The molecular weight excluding hydrogens is 879 g/mol. The number of nitrogens with zero attached hydrogens (tertiary/aromatic N) is 5. The minimum atomic E-state index is -0.650. The van der Waals surface area contributed by atoms with Crippen molar-refractivity contribution in [2.75, 3.05) is 12.8 Å². The third kappa shape index (κ3) is 12.4. The molecule has 280 valence electrons. The maximum Gasteiger partial charge on any atom is 1.00 e. The van der Waals surface area contributed by atoms with Gasteiger partial charge in [-0.25, -0.2) is 13.7 Å². The average Bonchev–Trinajstić information content (AvgIpc) is 3.74. The first-order valence-corrected chi connectivity index (χ1v) is 16.6. The summed E-state index contributed by atoms with van der Waals surface area (Å²) in [6, 6.07) is 26.8. The number of fused-ring (bicyclic) bond motifs is 3. The van der Waals surface area contributed by atoms with Crippen molar-refractivity contribution in [1.29, 1.82) is 10.5 Å². The van der Waals surface area contributed by atoms with E-state index in [0.717, 1.165) is 0 Å². The minimum Gasteiger partial charge on any atom is -1.00 e. The van der Waals surface area contributed by atoms with E-state index in [1.54, 1.807) is 65.2 Å². The van der Waals surface area contributed by atoms with Crippen molar-refractivity contribution in [3.05, 3.63) is 138 Å². The van der Waals surface area contributed by atoms with E-state index in [2.05, 4.69) is 36.0 Å². The molecule has 4 N–H and O–H groups in total. The van der Waals surface area contributed by atoms with Gasteiger partial charge in [-0.2, -0.15) is 20.7 Å². The number of anilines is 1. The zero-order valence-corrected chi connectivity index (χ0v) is 39.1. The standard InChI is InChI=1S/C17H8Cl2N4O.C10H6Cl2N4.C8H7FO2.CH2O3.2K.H/c18-9-5-6-10(13(19)7-9)15-12(8-20)16-21-17(24)11-3-1-2-4-14(11)23(16)22-15;11-5-1-2-6(8(12)3-5)9-7(4-13)10(14)16-15-9;1-11-8(10)6-4-2-3-5-7(6)9;2-1-4-3;;;/h1-7H,(H,21,24);1-3H,(H3,14,15,16);2-5H,1H3;1,3H;;;/q;;;;2*+1;-1/p-1. The molecule has 3 aromatic heterocycles. The number of aromatic nitrogens is 5. The van der Waals surface area contributed by atoms with Crippen LogP contribution in [0.5, 0.6) is 0 Å².